The summed E-state index contributed by atoms with van der Waals surface area (Å²) in [6.07, 6.45) is 0. The fourth-order valence-electron chi connectivity index (χ4n) is 2.87. The number of benzene rings is 1. The van der Waals surface area contributed by atoms with Gasteiger partial charge in [0.2, 0.25) is 11.8 Å². The molecule has 0 bridgehead atoms. The Hall–Kier alpha value is -2.28. The van der Waals surface area contributed by atoms with Crippen LogP contribution in [0.1, 0.15) is 12.5 Å². The number of rotatable bonds is 5. The average Bonchev–Trinajstić information content (AvgIpc) is 2.61. The van der Waals surface area contributed by atoms with Crippen LogP contribution in [0.5, 0.6) is 11.5 Å². The van der Waals surface area contributed by atoms with Gasteiger partial charge >= 0.3 is 0 Å². The summed E-state index contributed by atoms with van der Waals surface area (Å²) in [5, 5.41) is 2.73. The number of likely N-dealkylation sites (N-methyl/N-ethyl adjacent to an activating group) is 1. The maximum atomic E-state index is 12.4. The van der Waals surface area contributed by atoms with E-state index >= 15 is 0 Å². The van der Waals surface area contributed by atoms with Gasteiger partial charge in [0.05, 0.1) is 13.1 Å². The molecule has 1 N–H and O–H groups in total. The van der Waals surface area contributed by atoms with Crippen LogP contribution < -0.4 is 14.8 Å². The maximum Gasteiger partial charge on any atom is 0.239 e. The van der Waals surface area contributed by atoms with Crippen LogP contribution in [0.2, 0.25) is 0 Å². The smallest absolute Gasteiger partial charge is 0.239 e. The van der Waals surface area contributed by atoms with Gasteiger partial charge in [-0.3, -0.25) is 14.5 Å². The minimum atomic E-state index is -0.0931. The molecule has 2 aliphatic heterocycles. The maximum absolute atomic E-state index is 12.4. The number of ether oxygens (including phenoxy) is 2. The van der Waals surface area contributed by atoms with E-state index in [9.17, 15) is 9.59 Å². The molecule has 0 atom stereocenters. The third kappa shape index (κ3) is 3.97. The number of carbonyl (C=O) groups excluding carboxylic acids is 2. The summed E-state index contributed by atoms with van der Waals surface area (Å²) in [6, 6.07) is 5.87. The molecule has 1 aromatic rings. The molecule has 2 heterocycles. The second kappa shape index (κ2) is 7.53. The van der Waals surface area contributed by atoms with Crippen molar-refractivity contribution in [2.75, 3.05) is 45.9 Å². The predicted molar refractivity (Wildman–Crippen MR) is 88.0 cm³/mol. The molecule has 3 rings (SSSR count). The molecule has 1 fully saturated rings. The van der Waals surface area contributed by atoms with E-state index in [1.165, 1.54) is 0 Å². The molecule has 0 aliphatic carbocycles. The van der Waals surface area contributed by atoms with Crippen molar-refractivity contribution >= 4 is 11.8 Å². The normalized spacial score (nSPS) is 16.9. The molecule has 0 saturated carbocycles. The van der Waals surface area contributed by atoms with E-state index in [0.29, 0.717) is 39.4 Å². The van der Waals surface area contributed by atoms with Crippen molar-refractivity contribution < 1.29 is 19.1 Å². The van der Waals surface area contributed by atoms with Gasteiger partial charge in [-0.15, -0.1) is 0 Å². The molecule has 1 aromatic carbocycles. The Morgan fingerprint density at radius 2 is 2.08 bits per heavy atom. The zero-order valence-corrected chi connectivity index (χ0v) is 13.9. The highest BCUT2D eigenvalue weighted by molar-refractivity contribution is 5.86. The lowest BCUT2D eigenvalue weighted by atomic mass is 10.1. The van der Waals surface area contributed by atoms with Crippen LogP contribution >= 0.6 is 0 Å². The molecule has 0 spiro atoms. The topological polar surface area (TPSA) is 71.1 Å². The zero-order valence-electron chi connectivity index (χ0n) is 13.9. The minimum absolute atomic E-state index is 0.00996. The van der Waals surface area contributed by atoms with Gasteiger partial charge in [-0.2, -0.15) is 0 Å². The van der Waals surface area contributed by atoms with Gasteiger partial charge in [-0.25, -0.2) is 0 Å². The van der Waals surface area contributed by atoms with Crippen LogP contribution in [0.4, 0.5) is 0 Å². The number of amides is 2. The van der Waals surface area contributed by atoms with Crippen molar-refractivity contribution in [2.45, 2.75) is 13.5 Å². The van der Waals surface area contributed by atoms with Gasteiger partial charge in [-0.1, -0.05) is 13.0 Å². The zero-order chi connectivity index (χ0) is 16.9. The summed E-state index contributed by atoms with van der Waals surface area (Å²) in [5.74, 6) is 1.42. The SMILES string of the molecule is CCN(CC(=O)N1CCNC(=O)C1)Cc1ccc2c(c1)OCCO2. The highest BCUT2D eigenvalue weighted by Gasteiger charge is 2.22. The van der Waals surface area contributed by atoms with Crippen molar-refractivity contribution in [3.8, 4) is 11.5 Å². The Balaban J connectivity index is 1.60. The van der Waals surface area contributed by atoms with Crippen LogP contribution in [0.25, 0.3) is 0 Å². The highest BCUT2D eigenvalue weighted by Crippen LogP contribution is 2.31. The van der Waals surface area contributed by atoms with Gasteiger partial charge in [0.15, 0.2) is 11.5 Å². The van der Waals surface area contributed by atoms with Crippen LogP contribution in [-0.4, -0.2) is 67.6 Å². The number of carbonyl (C=O) groups is 2. The Morgan fingerprint density at radius 1 is 1.29 bits per heavy atom. The van der Waals surface area contributed by atoms with E-state index in [-0.39, 0.29) is 18.4 Å². The monoisotopic (exact) mass is 333 g/mol. The molecule has 1 saturated heterocycles. The molecular weight excluding hydrogens is 310 g/mol. The second-order valence-electron chi connectivity index (χ2n) is 5.95. The number of fused-ring (bicyclic) bond motifs is 1. The summed E-state index contributed by atoms with van der Waals surface area (Å²) in [4.78, 5) is 27.5. The largest absolute Gasteiger partial charge is 0.486 e. The Morgan fingerprint density at radius 3 is 2.83 bits per heavy atom. The summed E-state index contributed by atoms with van der Waals surface area (Å²) in [5.41, 5.74) is 1.07. The molecule has 0 unspecified atom stereocenters. The Bertz CT molecular complexity index is 620. The van der Waals surface area contributed by atoms with Crippen LogP contribution in [0.3, 0.4) is 0 Å². The molecular formula is C17H23N3O4. The van der Waals surface area contributed by atoms with Crippen LogP contribution in [-0.2, 0) is 16.1 Å². The van der Waals surface area contributed by atoms with Gasteiger partial charge in [-0.05, 0) is 24.2 Å². The Labute approximate surface area is 141 Å². The third-order valence-electron chi connectivity index (χ3n) is 4.21. The van der Waals surface area contributed by atoms with Crippen molar-refractivity contribution in [2.24, 2.45) is 0 Å². The van der Waals surface area contributed by atoms with E-state index in [1.807, 2.05) is 25.1 Å². The summed E-state index contributed by atoms with van der Waals surface area (Å²) in [6.45, 7) is 6.12. The quantitative estimate of drug-likeness (QED) is 0.836. The third-order valence-corrected chi connectivity index (χ3v) is 4.21. The lowest BCUT2D eigenvalue weighted by Crippen LogP contribution is -2.52. The lowest BCUT2D eigenvalue weighted by Gasteiger charge is -2.29. The lowest BCUT2D eigenvalue weighted by molar-refractivity contribution is -0.139. The molecule has 130 valence electrons. The van der Waals surface area contributed by atoms with Gasteiger partial charge in [0.1, 0.15) is 13.2 Å². The first kappa shape index (κ1) is 16.6. The highest BCUT2D eigenvalue weighted by atomic mass is 16.6. The van der Waals surface area contributed by atoms with Gasteiger partial charge in [0.25, 0.3) is 0 Å². The van der Waals surface area contributed by atoms with Crippen molar-refractivity contribution in [1.82, 2.24) is 15.1 Å². The molecule has 2 aliphatic rings. The second-order valence-corrected chi connectivity index (χ2v) is 5.95. The van der Waals surface area contributed by atoms with Crippen molar-refractivity contribution in [1.29, 1.82) is 0 Å². The van der Waals surface area contributed by atoms with E-state index in [4.69, 9.17) is 9.47 Å². The molecule has 24 heavy (non-hydrogen) atoms. The number of piperazine rings is 1. The molecule has 7 nitrogen and oxygen atoms in total. The molecule has 0 radical (unpaired) electrons. The van der Waals surface area contributed by atoms with Crippen LogP contribution in [0, 0.1) is 0 Å². The average molecular weight is 333 g/mol. The van der Waals surface area contributed by atoms with E-state index in [2.05, 4.69) is 10.2 Å². The summed E-state index contributed by atoms with van der Waals surface area (Å²) >= 11 is 0. The number of nitrogens with one attached hydrogen (secondary N) is 1. The fourth-order valence-corrected chi connectivity index (χ4v) is 2.87. The summed E-state index contributed by atoms with van der Waals surface area (Å²) in [7, 11) is 0. The van der Waals surface area contributed by atoms with Crippen molar-refractivity contribution in [3.05, 3.63) is 23.8 Å². The number of nitrogens with zero attached hydrogens (tertiary/aromatic N) is 2. The molecule has 2 amide bonds. The fraction of sp³-hybridized carbons (Fsp3) is 0.529. The standard InChI is InChI=1S/C17H23N3O4/c1-2-19(12-17(22)20-6-5-18-16(21)11-20)10-13-3-4-14-15(9-13)24-8-7-23-14/h3-4,9H,2,5-8,10-12H2,1H3,(H,18,21). The number of hydrogen-bond donors (Lipinski definition) is 1. The van der Waals surface area contributed by atoms with E-state index in [1.54, 1.807) is 4.90 Å². The molecule has 0 aromatic heterocycles. The first-order valence-corrected chi connectivity index (χ1v) is 8.31. The van der Waals surface area contributed by atoms with E-state index < -0.39 is 0 Å². The van der Waals surface area contributed by atoms with Crippen molar-refractivity contribution in [3.63, 3.8) is 0 Å². The number of hydrogen-bond acceptors (Lipinski definition) is 5. The molecule has 7 heteroatoms. The first-order valence-electron chi connectivity index (χ1n) is 8.31. The van der Waals surface area contributed by atoms with E-state index in [0.717, 1.165) is 23.6 Å². The Kier molecular flexibility index (Phi) is 5.20. The summed E-state index contributed by atoms with van der Waals surface area (Å²) < 4.78 is 11.1. The van der Waals surface area contributed by atoms with Gasteiger partial charge < -0.3 is 19.7 Å². The van der Waals surface area contributed by atoms with Crippen LogP contribution in [0.15, 0.2) is 18.2 Å². The predicted octanol–water partition coefficient (Wildman–Crippen LogP) is 0.238. The minimum Gasteiger partial charge on any atom is -0.486 e. The first-order chi connectivity index (χ1) is 11.7. The van der Waals surface area contributed by atoms with Gasteiger partial charge in [0, 0.05) is 19.6 Å².